The van der Waals surface area contributed by atoms with Crippen molar-refractivity contribution in [3.63, 3.8) is 0 Å². The first-order valence-electron chi connectivity index (χ1n) is 13.8. The van der Waals surface area contributed by atoms with Crippen LogP contribution >= 0.6 is 0 Å². The van der Waals surface area contributed by atoms with E-state index in [-0.39, 0.29) is 16.6 Å². The molecule has 0 radical (unpaired) electrons. The lowest BCUT2D eigenvalue weighted by molar-refractivity contribution is 0.101. The van der Waals surface area contributed by atoms with Gasteiger partial charge in [0.2, 0.25) is 0 Å². The predicted octanol–water partition coefficient (Wildman–Crippen LogP) is 8.37. The van der Waals surface area contributed by atoms with Crippen LogP contribution in [0, 0.1) is 0 Å². The Labute approximate surface area is 230 Å². The average molecular weight is 509 g/mol. The molecule has 0 saturated heterocycles. The molecule has 0 spiro atoms. The molecule has 3 nitrogen and oxygen atoms in total. The highest BCUT2D eigenvalue weighted by molar-refractivity contribution is 5.95. The van der Waals surface area contributed by atoms with Gasteiger partial charge in [0.15, 0.2) is 5.78 Å². The number of benzene rings is 3. The van der Waals surface area contributed by atoms with E-state index in [0.29, 0.717) is 0 Å². The third-order valence-corrected chi connectivity index (χ3v) is 8.47. The van der Waals surface area contributed by atoms with Crippen LogP contribution in [0.3, 0.4) is 0 Å². The number of hydrogen-bond donors (Lipinski definition) is 0. The van der Waals surface area contributed by atoms with Gasteiger partial charge in [0.25, 0.3) is 0 Å². The van der Waals surface area contributed by atoms with E-state index >= 15 is 0 Å². The molecule has 3 aromatic carbocycles. The molecule has 0 aromatic heterocycles. The molecule has 0 saturated carbocycles. The van der Waals surface area contributed by atoms with Gasteiger partial charge in [-0.3, -0.25) is 4.79 Å². The first-order chi connectivity index (χ1) is 17.9. The van der Waals surface area contributed by atoms with Crippen LogP contribution in [0.4, 0.5) is 11.4 Å². The second-order valence-corrected chi connectivity index (χ2v) is 12.4. The Hall–Kier alpha value is -3.33. The van der Waals surface area contributed by atoms with Crippen LogP contribution in [-0.4, -0.2) is 33.0 Å². The van der Waals surface area contributed by atoms with E-state index in [1.807, 2.05) is 12.1 Å². The van der Waals surface area contributed by atoms with Crippen LogP contribution in [0.2, 0.25) is 0 Å². The Morgan fingerprint density at radius 3 is 1.68 bits per heavy atom. The topological polar surface area (TPSA) is 23.6 Å². The summed E-state index contributed by atoms with van der Waals surface area (Å²) in [5, 5.41) is 0. The second kappa shape index (κ2) is 10.8. The van der Waals surface area contributed by atoms with E-state index in [2.05, 4.69) is 119 Å². The second-order valence-electron chi connectivity index (χ2n) is 12.4. The summed E-state index contributed by atoms with van der Waals surface area (Å²) >= 11 is 0. The molecule has 0 bridgehead atoms. The molecule has 2 heterocycles. The summed E-state index contributed by atoms with van der Waals surface area (Å²) in [6.45, 7) is 15.2. The van der Waals surface area contributed by atoms with Gasteiger partial charge < -0.3 is 9.80 Å². The number of carbonyl (C=O) groups is 1. The summed E-state index contributed by atoms with van der Waals surface area (Å²) in [5.74, 6) is 0.138. The lowest BCUT2D eigenvalue weighted by Gasteiger charge is -2.38. The SMILES string of the molecule is CC(=Cc1ccccc1)c1ccc2c(c1)N(C)CCC2(C)C.CC(=O)c1ccc2c(c1)N(C)CCC2(C)C. The van der Waals surface area contributed by atoms with E-state index in [1.165, 1.54) is 45.6 Å². The molecule has 5 rings (SSSR count). The van der Waals surface area contributed by atoms with Gasteiger partial charge in [-0.2, -0.15) is 0 Å². The molecule has 200 valence electrons. The number of fused-ring (bicyclic) bond motifs is 2. The Bertz CT molecular complexity index is 1330. The Balaban J connectivity index is 0.000000186. The summed E-state index contributed by atoms with van der Waals surface area (Å²) in [6, 6.07) is 23.6. The largest absolute Gasteiger partial charge is 0.374 e. The van der Waals surface area contributed by atoms with E-state index < -0.39 is 0 Å². The molecule has 0 amide bonds. The minimum absolute atomic E-state index is 0.138. The van der Waals surface area contributed by atoms with Crippen molar-refractivity contribution < 1.29 is 4.79 Å². The van der Waals surface area contributed by atoms with Crippen molar-refractivity contribution in [2.45, 2.75) is 65.2 Å². The quantitative estimate of drug-likeness (QED) is 0.262. The molecule has 38 heavy (non-hydrogen) atoms. The van der Waals surface area contributed by atoms with Crippen molar-refractivity contribution in [1.29, 1.82) is 0 Å². The van der Waals surface area contributed by atoms with Crippen LogP contribution in [0.25, 0.3) is 11.6 Å². The van der Waals surface area contributed by atoms with E-state index in [4.69, 9.17) is 0 Å². The van der Waals surface area contributed by atoms with Crippen molar-refractivity contribution in [1.82, 2.24) is 0 Å². The molecule has 2 aliphatic heterocycles. The number of nitrogens with zero attached hydrogens (tertiary/aromatic N) is 2. The summed E-state index contributed by atoms with van der Waals surface area (Å²) < 4.78 is 0. The molecule has 0 aliphatic carbocycles. The van der Waals surface area contributed by atoms with Gasteiger partial charge in [0.05, 0.1) is 0 Å². The lowest BCUT2D eigenvalue weighted by Crippen LogP contribution is -2.34. The number of anilines is 2. The first-order valence-corrected chi connectivity index (χ1v) is 13.8. The number of allylic oxidation sites excluding steroid dienone is 1. The van der Waals surface area contributed by atoms with Crippen molar-refractivity contribution >= 4 is 28.8 Å². The minimum atomic E-state index is 0.138. The summed E-state index contributed by atoms with van der Waals surface area (Å²) in [6.07, 6.45) is 4.64. The number of ketones is 1. The molecular weight excluding hydrogens is 464 g/mol. The standard InChI is InChI=1S/C21H25N.C14H19NO/c1-16(14-17-8-6-5-7-9-17)18-10-11-19-20(15-18)22(4)13-12-21(19,2)3;1-10(16)11-5-6-12-13(9-11)15(4)8-7-14(12,2)3/h5-11,14-15H,12-13H2,1-4H3;5-6,9H,7-8H2,1-4H3. The van der Waals surface area contributed by atoms with Gasteiger partial charge in [0.1, 0.15) is 0 Å². The number of carbonyl (C=O) groups excluding carboxylic acids is 1. The van der Waals surface area contributed by atoms with Crippen LogP contribution < -0.4 is 9.80 Å². The Morgan fingerprint density at radius 1 is 0.711 bits per heavy atom. The summed E-state index contributed by atoms with van der Waals surface area (Å²) in [4.78, 5) is 16.0. The third-order valence-electron chi connectivity index (χ3n) is 8.47. The van der Waals surface area contributed by atoms with E-state index in [0.717, 1.165) is 25.1 Å². The number of rotatable bonds is 3. The maximum Gasteiger partial charge on any atom is 0.159 e. The monoisotopic (exact) mass is 508 g/mol. The molecule has 3 heteroatoms. The fourth-order valence-electron chi connectivity index (χ4n) is 5.59. The first kappa shape index (κ1) is 27.7. The van der Waals surface area contributed by atoms with E-state index in [1.54, 1.807) is 6.92 Å². The molecule has 0 N–H and O–H groups in total. The number of hydrogen-bond acceptors (Lipinski definition) is 3. The van der Waals surface area contributed by atoms with Crippen LogP contribution in [0.1, 0.15) is 87.0 Å². The average Bonchev–Trinajstić information content (AvgIpc) is 2.89. The van der Waals surface area contributed by atoms with Gasteiger partial charge in [-0.05, 0) is 77.5 Å². The molecule has 0 unspecified atom stereocenters. The van der Waals surface area contributed by atoms with Crippen molar-refractivity contribution in [2.24, 2.45) is 0 Å². The third kappa shape index (κ3) is 5.88. The van der Waals surface area contributed by atoms with Crippen molar-refractivity contribution in [2.75, 3.05) is 37.0 Å². The van der Waals surface area contributed by atoms with Crippen LogP contribution in [0.5, 0.6) is 0 Å². The minimum Gasteiger partial charge on any atom is -0.374 e. The fraction of sp³-hybridized carbons (Fsp3) is 0.400. The Kier molecular flexibility index (Phi) is 7.88. The summed E-state index contributed by atoms with van der Waals surface area (Å²) in [5.41, 5.74) is 10.6. The van der Waals surface area contributed by atoms with E-state index in [9.17, 15) is 4.79 Å². The highest BCUT2D eigenvalue weighted by Crippen LogP contribution is 2.41. The normalized spacial score (nSPS) is 17.6. The smallest absolute Gasteiger partial charge is 0.159 e. The summed E-state index contributed by atoms with van der Waals surface area (Å²) in [7, 11) is 4.30. The van der Waals surface area contributed by atoms with Gasteiger partial charge in [0, 0.05) is 44.1 Å². The zero-order valence-electron chi connectivity index (χ0n) is 24.6. The molecule has 2 aliphatic rings. The van der Waals surface area contributed by atoms with Crippen molar-refractivity contribution in [3.05, 3.63) is 94.5 Å². The van der Waals surface area contributed by atoms with Crippen LogP contribution in [-0.2, 0) is 10.8 Å². The van der Waals surface area contributed by atoms with Crippen LogP contribution in [0.15, 0.2) is 66.7 Å². The Morgan fingerprint density at radius 2 is 1.18 bits per heavy atom. The maximum atomic E-state index is 11.4. The zero-order chi connectivity index (χ0) is 27.7. The van der Waals surface area contributed by atoms with Gasteiger partial charge in [-0.15, -0.1) is 0 Å². The van der Waals surface area contributed by atoms with Gasteiger partial charge in [-0.25, -0.2) is 0 Å². The molecular formula is C35H44N2O. The number of Topliss-reactive ketones (excluding diaryl/α,β-unsaturated/α-hetero) is 1. The van der Waals surface area contributed by atoms with Gasteiger partial charge >= 0.3 is 0 Å². The van der Waals surface area contributed by atoms with Gasteiger partial charge in [-0.1, -0.05) is 88.4 Å². The molecule has 0 atom stereocenters. The lowest BCUT2D eigenvalue weighted by atomic mass is 9.77. The molecule has 3 aromatic rings. The molecule has 0 fully saturated rings. The highest BCUT2D eigenvalue weighted by atomic mass is 16.1. The maximum absolute atomic E-state index is 11.4. The predicted molar refractivity (Wildman–Crippen MR) is 165 cm³/mol. The zero-order valence-corrected chi connectivity index (χ0v) is 24.6. The van der Waals surface area contributed by atoms with Crippen molar-refractivity contribution in [3.8, 4) is 0 Å². The fourth-order valence-corrected chi connectivity index (χ4v) is 5.59. The highest BCUT2D eigenvalue weighted by Gasteiger charge is 2.31.